The second-order valence-corrected chi connectivity index (χ2v) is 9.80. The predicted octanol–water partition coefficient (Wildman–Crippen LogP) is 5.26. The lowest BCUT2D eigenvalue weighted by molar-refractivity contribution is -0.125. The van der Waals surface area contributed by atoms with Crippen molar-refractivity contribution in [2.24, 2.45) is 5.92 Å². The molecule has 3 aromatic carbocycles. The van der Waals surface area contributed by atoms with E-state index in [1.807, 2.05) is 54.6 Å². The Kier molecular flexibility index (Phi) is 7.57. The lowest BCUT2D eigenvalue weighted by atomic mass is 9.94. The van der Waals surface area contributed by atoms with E-state index in [0.29, 0.717) is 13.0 Å². The lowest BCUT2D eigenvalue weighted by Crippen LogP contribution is -2.44. The number of benzene rings is 3. The van der Waals surface area contributed by atoms with Crippen LogP contribution in [-0.2, 0) is 11.2 Å². The first kappa shape index (κ1) is 24.0. The van der Waals surface area contributed by atoms with Crippen LogP contribution in [0.5, 0.6) is 5.75 Å². The van der Waals surface area contributed by atoms with Crippen LogP contribution >= 0.6 is 11.5 Å². The molecule has 0 spiro atoms. The van der Waals surface area contributed by atoms with Crippen molar-refractivity contribution in [1.29, 1.82) is 0 Å². The molecule has 1 aliphatic rings. The molecule has 1 amide bonds. The minimum atomic E-state index is -0.175. The number of amides is 1. The SMILES string of the molecule is COc1cccc(Cc2nsc(N3CCCC(C(=O)NC(c4ccccc4)c4ccccc4)C3)n2)c1. The average molecular weight is 499 g/mol. The molecule has 5 rings (SSSR count). The smallest absolute Gasteiger partial charge is 0.225 e. The zero-order valence-electron chi connectivity index (χ0n) is 20.3. The quantitative estimate of drug-likeness (QED) is 0.359. The maximum Gasteiger partial charge on any atom is 0.225 e. The van der Waals surface area contributed by atoms with E-state index in [0.717, 1.165) is 52.8 Å². The highest BCUT2D eigenvalue weighted by Gasteiger charge is 2.29. The molecule has 36 heavy (non-hydrogen) atoms. The largest absolute Gasteiger partial charge is 0.497 e. The number of anilines is 1. The molecule has 1 aromatic heterocycles. The summed E-state index contributed by atoms with van der Waals surface area (Å²) in [6.45, 7) is 1.54. The number of nitrogens with one attached hydrogen (secondary N) is 1. The van der Waals surface area contributed by atoms with Gasteiger partial charge in [-0.2, -0.15) is 4.37 Å². The summed E-state index contributed by atoms with van der Waals surface area (Å²) < 4.78 is 9.91. The van der Waals surface area contributed by atoms with Gasteiger partial charge in [0, 0.05) is 31.0 Å². The molecule has 7 heteroatoms. The Balaban J connectivity index is 1.26. The molecule has 6 nitrogen and oxygen atoms in total. The van der Waals surface area contributed by atoms with Gasteiger partial charge < -0.3 is 15.0 Å². The number of hydrogen-bond donors (Lipinski definition) is 1. The van der Waals surface area contributed by atoms with Crippen molar-refractivity contribution in [3.8, 4) is 5.75 Å². The van der Waals surface area contributed by atoms with Gasteiger partial charge in [-0.1, -0.05) is 72.8 Å². The van der Waals surface area contributed by atoms with Gasteiger partial charge in [-0.25, -0.2) is 4.98 Å². The van der Waals surface area contributed by atoms with Gasteiger partial charge in [-0.15, -0.1) is 0 Å². The molecule has 1 fully saturated rings. The molecular formula is C29H30N4O2S. The van der Waals surface area contributed by atoms with E-state index in [4.69, 9.17) is 9.72 Å². The summed E-state index contributed by atoms with van der Waals surface area (Å²) in [5.41, 5.74) is 3.27. The van der Waals surface area contributed by atoms with Gasteiger partial charge in [-0.3, -0.25) is 4.79 Å². The zero-order chi connectivity index (χ0) is 24.7. The molecule has 1 atom stereocenters. The molecule has 184 valence electrons. The van der Waals surface area contributed by atoms with Crippen LogP contribution in [-0.4, -0.2) is 35.5 Å². The summed E-state index contributed by atoms with van der Waals surface area (Å²) in [5, 5.41) is 4.21. The number of ether oxygens (including phenoxy) is 1. The maximum absolute atomic E-state index is 13.5. The number of nitrogens with zero attached hydrogens (tertiary/aromatic N) is 3. The fourth-order valence-electron chi connectivity index (χ4n) is 4.69. The van der Waals surface area contributed by atoms with Gasteiger partial charge in [0.25, 0.3) is 0 Å². The molecule has 4 aromatic rings. The molecule has 2 heterocycles. The summed E-state index contributed by atoms with van der Waals surface area (Å²) in [5.74, 6) is 1.61. The minimum absolute atomic E-state index is 0.0820. The number of hydrogen-bond acceptors (Lipinski definition) is 6. The molecule has 1 saturated heterocycles. The molecule has 0 radical (unpaired) electrons. The normalized spacial score (nSPS) is 15.6. The highest BCUT2D eigenvalue weighted by molar-refractivity contribution is 7.09. The molecule has 1 N–H and O–H groups in total. The Morgan fingerprint density at radius 1 is 1.06 bits per heavy atom. The molecule has 0 bridgehead atoms. The third-order valence-electron chi connectivity index (χ3n) is 6.57. The van der Waals surface area contributed by atoms with Crippen molar-refractivity contribution in [3.05, 3.63) is 107 Å². The summed E-state index contributed by atoms with van der Waals surface area (Å²) in [4.78, 5) is 20.5. The number of carbonyl (C=O) groups excluding carboxylic acids is 1. The fourth-order valence-corrected chi connectivity index (χ4v) is 5.40. The van der Waals surface area contributed by atoms with E-state index in [1.165, 1.54) is 11.5 Å². The number of piperidine rings is 1. The van der Waals surface area contributed by atoms with Gasteiger partial charge in [0.2, 0.25) is 11.0 Å². The molecule has 1 unspecified atom stereocenters. The number of rotatable bonds is 8. The molecule has 0 aliphatic carbocycles. The first-order valence-electron chi connectivity index (χ1n) is 12.3. The zero-order valence-corrected chi connectivity index (χ0v) is 21.2. The van der Waals surface area contributed by atoms with Crippen LogP contribution in [0.4, 0.5) is 5.13 Å². The minimum Gasteiger partial charge on any atom is -0.497 e. The summed E-state index contributed by atoms with van der Waals surface area (Å²) in [6, 6.07) is 28.1. The second-order valence-electron chi connectivity index (χ2n) is 9.07. The van der Waals surface area contributed by atoms with Crippen molar-refractivity contribution in [2.75, 3.05) is 25.1 Å². The average Bonchev–Trinajstić information content (AvgIpc) is 3.41. The van der Waals surface area contributed by atoms with Crippen LogP contribution in [0.2, 0.25) is 0 Å². The van der Waals surface area contributed by atoms with Crippen LogP contribution in [0.1, 0.15) is 41.4 Å². The molecule has 1 aliphatic heterocycles. The highest BCUT2D eigenvalue weighted by atomic mass is 32.1. The Hall–Kier alpha value is -3.71. The molecule has 0 saturated carbocycles. The Morgan fingerprint density at radius 2 is 1.78 bits per heavy atom. The first-order valence-corrected chi connectivity index (χ1v) is 13.1. The Bertz CT molecular complexity index is 1240. The summed E-state index contributed by atoms with van der Waals surface area (Å²) in [6.07, 6.45) is 2.47. The predicted molar refractivity (Wildman–Crippen MR) is 144 cm³/mol. The summed E-state index contributed by atoms with van der Waals surface area (Å²) in [7, 11) is 1.67. The van der Waals surface area contributed by atoms with Crippen LogP contribution in [0, 0.1) is 5.92 Å². The monoisotopic (exact) mass is 498 g/mol. The van der Waals surface area contributed by atoms with Gasteiger partial charge >= 0.3 is 0 Å². The van der Waals surface area contributed by atoms with Crippen molar-refractivity contribution in [1.82, 2.24) is 14.7 Å². The van der Waals surface area contributed by atoms with Gasteiger partial charge in [0.05, 0.1) is 19.1 Å². The van der Waals surface area contributed by atoms with E-state index in [-0.39, 0.29) is 17.9 Å². The highest BCUT2D eigenvalue weighted by Crippen LogP contribution is 2.28. The standard InChI is InChI=1S/C29H30N4O2S/c1-35-25-16-8-10-21(18-25)19-26-30-29(36-32-26)33-17-9-15-24(20-33)28(34)31-27(22-11-4-2-5-12-22)23-13-6-3-7-14-23/h2-8,10-14,16,18,24,27H,9,15,17,19-20H2,1H3,(H,31,34). The van der Waals surface area contributed by atoms with Gasteiger partial charge in [0.1, 0.15) is 11.6 Å². The van der Waals surface area contributed by atoms with Crippen molar-refractivity contribution in [2.45, 2.75) is 25.3 Å². The van der Waals surface area contributed by atoms with Crippen molar-refractivity contribution < 1.29 is 9.53 Å². The Morgan fingerprint density at radius 3 is 2.47 bits per heavy atom. The van der Waals surface area contributed by atoms with E-state index in [2.05, 4.69) is 44.9 Å². The number of carbonyl (C=O) groups is 1. The third kappa shape index (κ3) is 5.74. The van der Waals surface area contributed by atoms with Gasteiger partial charge in [0.15, 0.2) is 0 Å². The number of aromatic nitrogens is 2. The second kappa shape index (κ2) is 11.4. The summed E-state index contributed by atoms with van der Waals surface area (Å²) >= 11 is 1.41. The van der Waals surface area contributed by atoms with Crippen molar-refractivity contribution >= 4 is 22.6 Å². The lowest BCUT2D eigenvalue weighted by Gasteiger charge is -2.32. The third-order valence-corrected chi connectivity index (χ3v) is 7.38. The number of methoxy groups -OCH3 is 1. The topological polar surface area (TPSA) is 67.3 Å². The van der Waals surface area contributed by atoms with Crippen LogP contribution in [0.25, 0.3) is 0 Å². The maximum atomic E-state index is 13.5. The van der Waals surface area contributed by atoms with E-state index < -0.39 is 0 Å². The fraction of sp³-hybridized carbons (Fsp3) is 0.276. The van der Waals surface area contributed by atoms with E-state index >= 15 is 0 Å². The van der Waals surface area contributed by atoms with E-state index in [9.17, 15) is 4.79 Å². The van der Waals surface area contributed by atoms with E-state index in [1.54, 1.807) is 7.11 Å². The molecular weight excluding hydrogens is 468 g/mol. The van der Waals surface area contributed by atoms with Crippen molar-refractivity contribution in [3.63, 3.8) is 0 Å². The Labute approximate surface area is 216 Å². The van der Waals surface area contributed by atoms with Crippen LogP contribution in [0.3, 0.4) is 0 Å². The van der Waals surface area contributed by atoms with Crippen LogP contribution < -0.4 is 15.0 Å². The first-order chi connectivity index (χ1) is 17.7. The van der Waals surface area contributed by atoms with Crippen LogP contribution in [0.15, 0.2) is 84.9 Å². The van der Waals surface area contributed by atoms with Gasteiger partial charge in [-0.05, 0) is 41.7 Å².